The van der Waals surface area contributed by atoms with Gasteiger partial charge >= 0.3 is 7.52 Å². The van der Waals surface area contributed by atoms with E-state index >= 15 is 0 Å². The molecule has 1 unspecified atom stereocenters. The second-order valence-electron chi connectivity index (χ2n) is 8.31. The first-order valence-electron chi connectivity index (χ1n) is 10.8. The molecule has 3 nitrogen and oxygen atoms in total. The largest absolute Gasteiger partial charge is 0.430 e. The highest BCUT2D eigenvalue weighted by molar-refractivity contribution is 7.65. The molecule has 0 fully saturated rings. The molecule has 162 valence electrons. The monoisotopic (exact) mass is 441 g/mol. The smallest absolute Gasteiger partial charge is 0.347 e. The van der Waals surface area contributed by atoms with E-state index in [9.17, 15) is 4.57 Å². The van der Waals surface area contributed by atoms with Gasteiger partial charge in [0.25, 0.3) is 0 Å². The van der Waals surface area contributed by atoms with Gasteiger partial charge in [0, 0.05) is 12.0 Å². The van der Waals surface area contributed by atoms with E-state index in [-0.39, 0.29) is 5.41 Å². The molecule has 4 aromatic rings. The van der Waals surface area contributed by atoms with Gasteiger partial charge < -0.3 is 4.52 Å². The molecule has 0 saturated carbocycles. The molecule has 1 atom stereocenters. The first kappa shape index (κ1) is 22.1. The van der Waals surface area contributed by atoms with Crippen molar-refractivity contribution in [2.75, 3.05) is 0 Å². The Kier molecular flexibility index (Phi) is 6.60. The predicted molar refractivity (Wildman–Crippen MR) is 133 cm³/mol. The van der Waals surface area contributed by atoms with Crippen LogP contribution in [0, 0.1) is 0 Å². The van der Waals surface area contributed by atoms with Gasteiger partial charge in [-0.1, -0.05) is 105 Å². The molecule has 4 rings (SSSR count). The lowest BCUT2D eigenvalue weighted by molar-refractivity contribution is 0.477. The molecule has 1 N–H and O–H groups in total. The van der Waals surface area contributed by atoms with Crippen molar-refractivity contribution >= 4 is 12.8 Å². The van der Waals surface area contributed by atoms with Gasteiger partial charge in [-0.15, -0.1) is 0 Å². The van der Waals surface area contributed by atoms with Crippen molar-refractivity contribution in [1.29, 1.82) is 0 Å². The summed E-state index contributed by atoms with van der Waals surface area (Å²) in [6.07, 6.45) is 0. The van der Waals surface area contributed by atoms with Crippen molar-refractivity contribution in [2.45, 2.75) is 25.8 Å². The van der Waals surface area contributed by atoms with Crippen molar-refractivity contribution in [3.8, 4) is 5.75 Å². The molecule has 0 radical (unpaired) electrons. The minimum Gasteiger partial charge on any atom is -0.430 e. The topological polar surface area (TPSA) is 38.3 Å². The third kappa shape index (κ3) is 5.02. The lowest BCUT2D eigenvalue weighted by Crippen LogP contribution is -2.23. The zero-order chi connectivity index (χ0) is 22.4. The van der Waals surface area contributed by atoms with Crippen LogP contribution in [0.25, 0.3) is 0 Å². The van der Waals surface area contributed by atoms with Gasteiger partial charge in [0.15, 0.2) is 0 Å². The first-order chi connectivity index (χ1) is 15.5. The number of hydrogen-bond acceptors (Lipinski definition) is 2. The van der Waals surface area contributed by atoms with Crippen molar-refractivity contribution in [1.82, 2.24) is 5.09 Å². The van der Waals surface area contributed by atoms with Crippen LogP contribution in [0.4, 0.5) is 0 Å². The predicted octanol–water partition coefficient (Wildman–Crippen LogP) is 6.70. The highest BCUT2D eigenvalue weighted by atomic mass is 31.2. The summed E-state index contributed by atoms with van der Waals surface area (Å²) in [5, 5.41) is 3.82. The summed E-state index contributed by atoms with van der Waals surface area (Å²) < 4.78 is 20.1. The average Bonchev–Trinajstić information content (AvgIpc) is 2.85. The van der Waals surface area contributed by atoms with Crippen LogP contribution in [-0.2, 0) is 16.5 Å². The second kappa shape index (κ2) is 9.56. The first-order valence-corrected chi connectivity index (χ1v) is 12.4. The fraction of sp³-hybridized carbons (Fsp3) is 0.143. The Labute approximate surface area is 190 Å². The van der Waals surface area contributed by atoms with E-state index in [0.29, 0.717) is 17.6 Å². The van der Waals surface area contributed by atoms with E-state index in [1.807, 2.05) is 78.9 Å². The zero-order valence-electron chi connectivity index (χ0n) is 18.4. The van der Waals surface area contributed by atoms with E-state index in [1.54, 1.807) is 0 Å². The summed E-state index contributed by atoms with van der Waals surface area (Å²) >= 11 is 0. The van der Waals surface area contributed by atoms with Gasteiger partial charge in [-0.05, 0) is 41.0 Å². The lowest BCUT2D eigenvalue weighted by atomic mass is 9.78. The molecule has 0 aliphatic heterocycles. The Bertz CT molecular complexity index is 1170. The quantitative estimate of drug-likeness (QED) is 0.309. The Morgan fingerprint density at radius 1 is 0.688 bits per heavy atom. The summed E-state index contributed by atoms with van der Waals surface area (Å²) in [7, 11) is -3.32. The third-order valence-corrected chi connectivity index (χ3v) is 7.76. The minimum atomic E-state index is -3.32. The van der Waals surface area contributed by atoms with Crippen LogP contribution in [0.5, 0.6) is 5.75 Å². The molecule has 0 heterocycles. The Hall–Kier alpha value is -3.13. The molecule has 0 saturated heterocycles. The molecule has 0 aliphatic rings. The maximum Gasteiger partial charge on any atom is 0.347 e. The van der Waals surface area contributed by atoms with Gasteiger partial charge in [-0.25, -0.2) is 5.09 Å². The van der Waals surface area contributed by atoms with Crippen molar-refractivity contribution in [3.05, 3.63) is 132 Å². The normalized spacial score (nSPS) is 13.3. The summed E-state index contributed by atoms with van der Waals surface area (Å²) in [4.78, 5) is 0. The van der Waals surface area contributed by atoms with Crippen LogP contribution in [0.1, 0.15) is 30.5 Å². The zero-order valence-corrected chi connectivity index (χ0v) is 19.3. The number of rotatable bonds is 8. The van der Waals surface area contributed by atoms with E-state index in [1.165, 1.54) is 11.1 Å². The molecule has 4 aromatic carbocycles. The Morgan fingerprint density at radius 2 is 1.19 bits per heavy atom. The molecule has 0 bridgehead atoms. The summed E-state index contributed by atoms with van der Waals surface area (Å²) in [5.41, 5.74) is 3.32. The van der Waals surface area contributed by atoms with Gasteiger partial charge in [0.1, 0.15) is 5.75 Å². The van der Waals surface area contributed by atoms with E-state index < -0.39 is 7.52 Å². The van der Waals surface area contributed by atoms with Crippen LogP contribution < -0.4 is 14.9 Å². The molecule has 0 spiro atoms. The molecule has 32 heavy (non-hydrogen) atoms. The van der Waals surface area contributed by atoms with Crippen molar-refractivity contribution in [2.24, 2.45) is 0 Å². The van der Waals surface area contributed by atoms with Gasteiger partial charge in [-0.3, -0.25) is 4.57 Å². The maximum absolute atomic E-state index is 13.9. The average molecular weight is 442 g/mol. The summed E-state index contributed by atoms with van der Waals surface area (Å²) in [6.45, 7) is 4.86. The van der Waals surface area contributed by atoms with Crippen LogP contribution in [0.15, 0.2) is 115 Å². The molecular weight excluding hydrogens is 413 g/mol. The second-order valence-corrected chi connectivity index (χ2v) is 10.4. The maximum atomic E-state index is 13.9. The molecule has 4 heteroatoms. The lowest BCUT2D eigenvalue weighted by Gasteiger charge is -2.27. The summed E-state index contributed by atoms with van der Waals surface area (Å²) in [5.74, 6) is 0.574. The highest BCUT2D eigenvalue weighted by Gasteiger charge is 2.28. The van der Waals surface area contributed by atoms with Crippen molar-refractivity contribution in [3.63, 3.8) is 0 Å². The van der Waals surface area contributed by atoms with Crippen LogP contribution >= 0.6 is 7.52 Å². The van der Waals surface area contributed by atoms with Gasteiger partial charge in [0.05, 0.1) is 5.30 Å². The fourth-order valence-electron chi connectivity index (χ4n) is 3.69. The molecule has 0 aromatic heterocycles. The third-order valence-electron chi connectivity index (χ3n) is 5.74. The molecule has 0 amide bonds. The number of nitrogens with one attached hydrogen (secondary N) is 1. The van der Waals surface area contributed by atoms with Crippen LogP contribution in [-0.4, -0.2) is 0 Å². The van der Waals surface area contributed by atoms with Crippen LogP contribution in [0.2, 0.25) is 0 Å². The van der Waals surface area contributed by atoms with Crippen molar-refractivity contribution < 1.29 is 9.09 Å². The molecular formula is C28H28NO2P. The number of benzene rings is 4. The number of hydrogen-bond donors (Lipinski definition) is 1. The minimum absolute atomic E-state index is 0.144. The van der Waals surface area contributed by atoms with E-state index in [0.717, 1.165) is 5.56 Å². The van der Waals surface area contributed by atoms with Gasteiger partial charge in [-0.2, -0.15) is 0 Å². The molecule has 0 aliphatic carbocycles. The van der Waals surface area contributed by atoms with Crippen LogP contribution in [0.3, 0.4) is 0 Å². The van der Waals surface area contributed by atoms with Gasteiger partial charge in [0.2, 0.25) is 0 Å². The van der Waals surface area contributed by atoms with E-state index in [2.05, 4.69) is 55.3 Å². The Balaban J connectivity index is 1.58. The summed E-state index contributed by atoms with van der Waals surface area (Å²) in [6, 6.07) is 37.6. The Morgan fingerprint density at radius 3 is 1.78 bits per heavy atom. The highest BCUT2D eigenvalue weighted by Crippen LogP contribution is 2.43. The fourth-order valence-corrected chi connectivity index (χ4v) is 5.42. The standard InChI is InChI=1S/C28H28NO2P/c1-28(2,24-14-8-4-9-15-24)25-18-20-26(21-19-25)31-32(30,27-16-10-5-11-17-27)29-22-23-12-6-3-7-13-23/h3-21H,22H2,1-2H3,(H,29,30). The SMILES string of the molecule is CC(C)(c1ccccc1)c1ccc(OP(=O)(NCc2ccccc2)c2ccccc2)cc1. The van der Waals surface area contributed by atoms with E-state index in [4.69, 9.17) is 4.52 Å².